The summed E-state index contributed by atoms with van der Waals surface area (Å²) in [5.41, 5.74) is 5.09. The van der Waals surface area contributed by atoms with E-state index >= 15 is 0 Å². The molecule has 2 heterocycles. The lowest BCUT2D eigenvalue weighted by Crippen LogP contribution is -2.09. The van der Waals surface area contributed by atoms with Crippen LogP contribution in [0.3, 0.4) is 0 Å². The Kier molecular flexibility index (Phi) is 6.81. The van der Waals surface area contributed by atoms with Crippen LogP contribution in [0.25, 0.3) is 62.6 Å². The molecule has 9 aromatic rings. The van der Waals surface area contributed by atoms with Gasteiger partial charge < -0.3 is 4.90 Å². The summed E-state index contributed by atoms with van der Waals surface area (Å²) in [7, 11) is 0. The maximum Gasteiger partial charge on any atom is 0.136 e. The van der Waals surface area contributed by atoms with Crippen molar-refractivity contribution >= 4 is 80.1 Å². The number of fused-ring (bicyclic) bond motifs is 7. The van der Waals surface area contributed by atoms with Gasteiger partial charge in [0.15, 0.2) is 0 Å². The van der Waals surface area contributed by atoms with Gasteiger partial charge in [0.1, 0.15) is 17.5 Å². The first-order chi connectivity index (χ1) is 23.5. The minimum absolute atomic E-state index is 0.248. The van der Waals surface area contributed by atoms with Crippen LogP contribution in [0.5, 0.6) is 0 Å². The third kappa shape index (κ3) is 4.67. The number of benzene rings is 7. The van der Waals surface area contributed by atoms with E-state index in [2.05, 4.69) is 83.8 Å². The number of para-hydroxylation sites is 1. The highest BCUT2D eigenvalue weighted by Crippen LogP contribution is 2.47. The Morgan fingerprint density at radius 3 is 1.77 bits per heavy atom. The van der Waals surface area contributed by atoms with Gasteiger partial charge in [-0.2, -0.15) is 0 Å². The van der Waals surface area contributed by atoms with Crippen LogP contribution in [0.4, 0.5) is 30.2 Å². The summed E-state index contributed by atoms with van der Waals surface area (Å²) in [6.45, 7) is 0. The van der Waals surface area contributed by atoms with E-state index in [1.165, 1.54) is 45.9 Å². The Hall–Kier alpha value is -5.43. The molecule has 0 fully saturated rings. The molecule has 0 atom stereocenters. The van der Waals surface area contributed by atoms with Crippen molar-refractivity contribution < 1.29 is 13.2 Å². The number of hydrogen-bond acceptors (Lipinski definition) is 3. The van der Waals surface area contributed by atoms with Crippen LogP contribution in [0.15, 0.2) is 146 Å². The van der Waals surface area contributed by atoms with Crippen LogP contribution in [0.1, 0.15) is 0 Å². The van der Waals surface area contributed by atoms with Gasteiger partial charge in [0.05, 0.1) is 5.56 Å². The van der Waals surface area contributed by atoms with Gasteiger partial charge in [-0.05, 0) is 65.2 Å². The van der Waals surface area contributed by atoms with Crippen LogP contribution in [-0.4, -0.2) is 0 Å². The van der Waals surface area contributed by atoms with Crippen LogP contribution in [-0.2, 0) is 0 Å². The second-order valence-electron chi connectivity index (χ2n) is 11.7. The maximum atomic E-state index is 14.5. The molecule has 0 bridgehead atoms. The van der Waals surface area contributed by atoms with Crippen LogP contribution in [0, 0.1) is 17.5 Å². The number of halogens is 3. The molecule has 230 valence electrons. The van der Waals surface area contributed by atoms with Gasteiger partial charge in [0, 0.05) is 69.5 Å². The Bertz CT molecular complexity index is 2620. The van der Waals surface area contributed by atoms with Gasteiger partial charge in [-0.3, -0.25) is 0 Å². The van der Waals surface area contributed by atoms with Crippen molar-refractivity contribution in [2.45, 2.75) is 0 Å². The normalized spacial score (nSPS) is 11.6. The van der Waals surface area contributed by atoms with Crippen molar-refractivity contribution in [2.75, 3.05) is 4.90 Å². The van der Waals surface area contributed by atoms with Gasteiger partial charge >= 0.3 is 0 Å². The second kappa shape index (κ2) is 11.4. The molecule has 0 unspecified atom stereocenters. The van der Waals surface area contributed by atoms with Gasteiger partial charge in [-0.15, -0.1) is 22.7 Å². The molecule has 2 aromatic heterocycles. The molecule has 0 radical (unpaired) electrons. The Labute approximate surface area is 282 Å². The summed E-state index contributed by atoms with van der Waals surface area (Å²) >= 11 is 3.70. The van der Waals surface area contributed by atoms with E-state index in [0.717, 1.165) is 22.6 Å². The van der Waals surface area contributed by atoms with E-state index < -0.39 is 17.5 Å². The zero-order valence-electron chi connectivity index (χ0n) is 25.3. The molecule has 0 aliphatic rings. The molecule has 48 heavy (non-hydrogen) atoms. The van der Waals surface area contributed by atoms with Gasteiger partial charge in [0.2, 0.25) is 0 Å². The van der Waals surface area contributed by atoms with Crippen LogP contribution >= 0.6 is 22.7 Å². The average molecular weight is 664 g/mol. The molecule has 0 aliphatic carbocycles. The Balaban J connectivity index is 1.13. The molecule has 9 rings (SSSR count). The van der Waals surface area contributed by atoms with Crippen molar-refractivity contribution in [3.05, 3.63) is 163 Å². The molecular formula is C42H24F3NS2. The third-order valence-electron chi connectivity index (χ3n) is 8.88. The zero-order chi connectivity index (χ0) is 32.4. The average Bonchev–Trinajstić information content (AvgIpc) is 3.68. The van der Waals surface area contributed by atoms with E-state index in [0.29, 0.717) is 17.7 Å². The highest BCUT2D eigenvalue weighted by atomic mass is 32.1. The fourth-order valence-electron chi connectivity index (χ4n) is 6.70. The van der Waals surface area contributed by atoms with Crippen molar-refractivity contribution in [3.63, 3.8) is 0 Å². The highest BCUT2D eigenvalue weighted by molar-refractivity contribution is 7.30. The smallest absolute Gasteiger partial charge is 0.136 e. The van der Waals surface area contributed by atoms with E-state index in [1.807, 2.05) is 65.1 Å². The summed E-state index contributed by atoms with van der Waals surface area (Å²) in [6.07, 6.45) is 0. The first-order valence-electron chi connectivity index (χ1n) is 15.5. The lowest BCUT2D eigenvalue weighted by atomic mass is 10.0. The van der Waals surface area contributed by atoms with Gasteiger partial charge in [-0.1, -0.05) is 84.9 Å². The number of rotatable bonds is 5. The summed E-state index contributed by atoms with van der Waals surface area (Å²) in [4.78, 5) is 2.10. The van der Waals surface area contributed by atoms with E-state index in [-0.39, 0.29) is 5.56 Å². The monoisotopic (exact) mass is 663 g/mol. The predicted molar refractivity (Wildman–Crippen MR) is 198 cm³/mol. The minimum atomic E-state index is -0.943. The van der Waals surface area contributed by atoms with Crippen molar-refractivity contribution in [3.8, 4) is 22.3 Å². The fourth-order valence-corrected chi connectivity index (χ4v) is 9.28. The molecule has 0 aliphatic heterocycles. The first-order valence-corrected chi connectivity index (χ1v) is 17.1. The number of anilines is 3. The highest BCUT2D eigenvalue weighted by Gasteiger charge is 2.18. The number of thiophene rings is 2. The number of nitrogens with zero attached hydrogens (tertiary/aromatic N) is 1. The van der Waals surface area contributed by atoms with Crippen LogP contribution in [0.2, 0.25) is 0 Å². The molecule has 0 N–H and O–H groups in total. The van der Waals surface area contributed by atoms with Crippen molar-refractivity contribution in [1.29, 1.82) is 0 Å². The van der Waals surface area contributed by atoms with Gasteiger partial charge in [0.25, 0.3) is 0 Å². The largest absolute Gasteiger partial charge is 0.311 e. The fraction of sp³-hybridized carbons (Fsp3) is 0. The molecule has 0 amide bonds. The van der Waals surface area contributed by atoms with E-state index in [4.69, 9.17) is 0 Å². The molecule has 0 saturated heterocycles. The standard InChI is InChI=1S/C42H24F3NS2/c43-27-23-35(44)39(36(45)24-27)26-15-19-30(20-16-26)46(28-7-2-1-3-8-28)29-17-13-25(14-18-29)31-10-6-11-32-33-21-22-38-40(42(33)48-41(31)32)34-9-4-5-12-37(34)47-38/h1-24H. The predicted octanol–water partition coefficient (Wildman–Crippen LogP) is 13.6. The summed E-state index contributed by atoms with van der Waals surface area (Å²) in [5, 5.41) is 5.19. The first kappa shape index (κ1) is 28.8. The molecule has 0 saturated carbocycles. The lowest BCUT2D eigenvalue weighted by Gasteiger charge is -2.26. The Morgan fingerprint density at radius 1 is 0.438 bits per heavy atom. The zero-order valence-corrected chi connectivity index (χ0v) is 26.9. The van der Waals surface area contributed by atoms with Crippen LogP contribution < -0.4 is 4.90 Å². The SMILES string of the molecule is Fc1cc(F)c(-c2ccc(N(c3ccccc3)c3ccc(-c4cccc5c4sc4c5ccc5sc6ccccc6c54)cc3)cc2)c(F)c1. The second-order valence-corrected chi connectivity index (χ2v) is 13.8. The van der Waals surface area contributed by atoms with E-state index in [1.54, 1.807) is 12.1 Å². The summed E-state index contributed by atoms with van der Waals surface area (Å²) in [6, 6.07) is 46.6. The van der Waals surface area contributed by atoms with E-state index in [9.17, 15) is 13.2 Å². The third-order valence-corrected chi connectivity index (χ3v) is 11.3. The molecular weight excluding hydrogens is 640 g/mol. The molecule has 1 nitrogen and oxygen atoms in total. The minimum Gasteiger partial charge on any atom is -0.311 e. The van der Waals surface area contributed by atoms with Crippen molar-refractivity contribution in [2.24, 2.45) is 0 Å². The maximum absolute atomic E-state index is 14.5. The molecule has 6 heteroatoms. The molecule has 7 aromatic carbocycles. The van der Waals surface area contributed by atoms with Gasteiger partial charge in [-0.25, -0.2) is 13.2 Å². The summed E-state index contributed by atoms with van der Waals surface area (Å²) < 4.78 is 47.8. The van der Waals surface area contributed by atoms with Crippen molar-refractivity contribution in [1.82, 2.24) is 0 Å². The number of hydrogen-bond donors (Lipinski definition) is 0. The Morgan fingerprint density at radius 2 is 1.04 bits per heavy atom. The summed E-state index contributed by atoms with van der Waals surface area (Å²) in [5.74, 6) is -2.81. The quantitative estimate of drug-likeness (QED) is 0.177. The topological polar surface area (TPSA) is 3.24 Å². The lowest BCUT2D eigenvalue weighted by molar-refractivity contribution is 0.548. The molecule has 0 spiro atoms.